The Hall–Kier alpha value is -0.0400. The summed E-state index contributed by atoms with van der Waals surface area (Å²) >= 11 is 0. The van der Waals surface area contributed by atoms with Crippen LogP contribution < -0.4 is 0 Å². The van der Waals surface area contributed by atoms with E-state index in [0.29, 0.717) is 6.10 Å². The molecule has 0 unspecified atom stereocenters. The van der Waals surface area contributed by atoms with Gasteiger partial charge in [0, 0.05) is 0 Å². The molecule has 1 aliphatic rings. The van der Waals surface area contributed by atoms with E-state index in [9.17, 15) is 0 Å². The van der Waals surface area contributed by atoms with Crippen molar-refractivity contribution in [2.45, 2.75) is 39.2 Å². The lowest BCUT2D eigenvalue weighted by atomic mass is 10.0. The largest absolute Gasteiger partial charge is 0.373 e. The molecule has 0 aliphatic carbocycles. The summed E-state index contributed by atoms with van der Waals surface area (Å²) in [7, 11) is 0. The van der Waals surface area contributed by atoms with E-state index in [1.54, 1.807) is 0 Å². The molecule has 0 N–H and O–H groups in total. The fraction of sp³-hybridized carbons (Fsp3) is 1.00. The van der Waals surface area contributed by atoms with Crippen molar-refractivity contribution in [1.29, 1.82) is 0 Å². The molecular weight excluding hydrogens is 112 g/mol. The average molecular weight is 128 g/mol. The maximum Gasteiger partial charge on any atom is 0.0812 e. The molecule has 0 aromatic rings. The van der Waals surface area contributed by atoms with Crippen molar-refractivity contribution in [2.24, 2.45) is 5.92 Å². The molecule has 0 amide bonds. The molecule has 1 heteroatoms. The van der Waals surface area contributed by atoms with Crippen molar-refractivity contribution >= 4 is 0 Å². The molecule has 0 spiro atoms. The van der Waals surface area contributed by atoms with Gasteiger partial charge in [-0.15, -0.1) is 0 Å². The molecule has 0 aromatic carbocycles. The standard InChI is InChI=1S/C8H16O/c1-3-4-7(2)5-8-6-9-8/h7-8H,3-6H2,1-2H3/t7-,8-/m1/s1. The SMILES string of the molecule is CCC[C@@H](C)C[C@@H]1CO1. The minimum absolute atomic E-state index is 0.631. The average Bonchev–Trinajstić information content (AvgIpc) is 2.50. The molecule has 0 radical (unpaired) electrons. The smallest absolute Gasteiger partial charge is 0.0812 e. The van der Waals surface area contributed by atoms with E-state index in [0.717, 1.165) is 12.5 Å². The summed E-state index contributed by atoms with van der Waals surface area (Å²) in [5.74, 6) is 0.877. The van der Waals surface area contributed by atoms with Gasteiger partial charge in [-0.2, -0.15) is 0 Å². The third kappa shape index (κ3) is 2.85. The topological polar surface area (TPSA) is 12.5 Å². The molecule has 0 bridgehead atoms. The Morgan fingerprint density at radius 3 is 2.78 bits per heavy atom. The lowest BCUT2D eigenvalue weighted by molar-refractivity contribution is 0.352. The number of rotatable bonds is 4. The van der Waals surface area contributed by atoms with Crippen molar-refractivity contribution in [1.82, 2.24) is 0 Å². The highest BCUT2D eigenvalue weighted by Gasteiger charge is 2.23. The molecule has 1 rings (SSSR count). The third-order valence-electron chi connectivity index (χ3n) is 1.85. The molecule has 54 valence electrons. The molecule has 0 aromatic heterocycles. The second kappa shape index (κ2) is 3.21. The van der Waals surface area contributed by atoms with Crippen LogP contribution >= 0.6 is 0 Å². The predicted molar refractivity (Wildman–Crippen MR) is 38.4 cm³/mol. The third-order valence-corrected chi connectivity index (χ3v) is 1.85. The Kier molecular flexibility index (Phi) is 2.52. The van der Waals surface area contributed by atoms with E-state index < -0.39 is 0 Å². The lowest BCUT2D eigenvalue weighted by Crippen LogP contribution is -1.98. The van der Waals surface area contributed by atoms with E-state index in [-0.39, 0.29) is 0 Å². The fourth-order valence-electron chi connectivity index (χ4n) is 1.26. The lowest BCUT2D eigenvalue weighted by Gasteiger charge is -2.05. The second-order valence-corrected chi connectivity index (χ2v) is 3.08. The van der Waals surface area contributed by atoms with Crippen LogP contribution in [0.2, 0.25) is 0 Å². The van der Waals surface area contributed by atoms with Crippen LogP contribution in [0.4, 0.5) is 0 Å². The van der Waals surface area contributed by atoms with Gasteiger partial charge >= 0.3 is 0 Å². The van der Waals surface area contributed by atoms with Gasteiger partial charge in [-0.3, -0.25) is 0 Å². The Bertz CT molecular complexity index is 76.6. The number of epoxide rings is 1. The van der Waals surface area contributed by atoms with Crippen molar-refractivity contribution in [3.8, 4) is 0 Å². The van der Waals surface area contributed by atoms with Gasteiger partial charge in [-0.1, -0.05) is 26.7 Å². The minimum atomic E-state index is 0.631. The van der Waals surface area contributed by atoms with Gasteiger partial charge in [0.1, 0.15) is 0 Å². The fourth-order valence-corrected chi connectivity index (χ4v) is 1.26. The van der Waals surface area contributed by atoms with Crippen LogP contribution in [0.15, 0.2) is 0 Å². The first-order valence-electron chi connectivity index (χ1n) is 3.94. The summed E-state index contributed by atoms with van der Waals surface area (Å²) in [6.07, 6.45) is 4.59. The van der Waals surface area contributed by atoms with Crippen LogP contribution in [0, 0.1) is 5.92 Å². The van der Waals surface area contributed by atoms with Gasteiger partial charge in [-0.05, 0) is 12.3 Å². The van der Waals surface area contributed by atoms with Crippen LogP contribution in [-0.4, -0.2) is 12.7 Å². The molecule has 0 saturated carbocycles. The molecule has 1 nitrogen and oxygen atoms in total. The van der Waals surface area contributed by atoms with Crippen LogP contribution in [0.5, 0.6) is 0 Å². The zero-order chi connectivity index (χ0) is 6.69. The maximum atomic E-state index is 5.13. The van der Waals surface area contributed by atoms with Crippen LogP contribution in [-0.2, 0) is 4.74 Å². The van der Waals surface area contributed by atoms with Gasteiger partial charge < -0.3 is 4.74 Å². The molecule has 2 atom stereocenters. The molecule has 1 aliphatic heterocycles. The Labute approximate surface area is 57.4 Å². The molecular formula is C8H16O. The summed E-state index contributed by atoms with van der Waals surface area (Å²) in [5.41, 5.74) is 0. The zero-order valence-corrected chi connectivity index (χ0v) is 6.39. The highest BCUT2D eigenvalue weighted by molar-refractivity contribution is 4.71. The van der Waals surface area contributed by atoms with Gasteiger partial charge in [0.05, 0.1) is 12.7 Å². The van der Waals surface area contributed by atoms with Crippen molar-refractivity contribution in [2.75, 3.05) is 6.61 Å². The minimum Gasteiger partial charge on any atom is -0.373 e. The summed E-state index contributed by atoms with van der Waals surface area (Å²) in [6, 6.07) is 0. The van der Waals surface area contributed by atoms with Crippen LogP contribution in [0.3, 0.4) is 0 Å². The molecule has 1 fully saturated rings. The number of hydrogen-bond acceptors (Lipinski definition) is 1. The summed E-state index contributed by atoms with van der Waals surface area (Å²) in [6.45, 7) is 5.57. The highest BCUT2D eigenvalue weighted by Crippen LogP contribution is 2.21. The van der Waals surface area contributed by atoms with Crippen molar-refractivity contribution in [3.63, 3.8) is 0 Å². The Balaban J connectivity index is 1.95. The van der Waals surface area contributed by atoms with Gasteiger partial charge in [0.2, 0.25) is 0 Å². The quantitative estimate of drug-likeness (QED) is 0.529. The van der Waals surface area contributed by atoms with E-state index in [2.05, 4.69) is 13.8 Å². The predicted octanol–water partition coefficient (Wildman–Crippen LogP) is 2.21. The van der Waals surface area contributed by atoms with E-state index in [1.165, 1.54) is 19.3 Å². The normalized spacial score (nSPS) is 28.0. The highest BCUT2D eigenvalue weighted by atomic mass is 16.6. The van der Waals surface area contributed by atoms with Crippen LogP contribution in [0.1, 0.15) is 33.1 Å². The van der Waals surface area contributed by atoms with Gasteiger partial charge in [-0.25, -0.2) is 0 Å². The number of hydrogen-bond donors (Lipinski definition) is 0. The summed E-state index contributed by atoms with van der Waals surface area (Å²) < 4.78 is 5.13. The van der Waals surface area contributed by atoms with E-state index in [1.807, 2.05) is 0 Å². The van der Waals surface area contributed by atoms with Crippen molar-refractivity contribution < 1.29 is 4.74 Å². The van der Waals surface area contributed by atoms with E-state index >= 15 is 0 Å². The Morgan fingerprint density at radius 2 is 2.33 bits per heavy atom. The second-order valence-electron chi connectivity index (χ2n) is 3.08. The van der Waals surface area contributed by atoms with E-state index in [4.69, 9.17) is 4.74 Å². The number of ether oxygens (including phenoxy) is 1. The summed E-state index contributed by atoms with van der Waals surface area (Å²) in [4.78, 5) is 0. The van der Waals surface area contributed by atoms with Crippen LogP contribution in [0.25, 0.3) is 0 Å². The first-order chi connectivity index (χ1) is 4.33. The molecule has 1 heterocycles. The molecule has 1 saturated heterocycles. The summed E-state index contributed by atoms with van der Waals surface area (Å²) in [5, 5.41) is 0. The maximum absolute atomic E-state index is 5.13. The van der Waals surface area contributed by atoms with Crippen molar-refractivity contribution in [3.05, 3.63) is 0 Å². The van der Waals surface area contributed by atoms with Gasteiger partial charge in [0.25, 0.3) is 0 Å². The van der Waals surface area contributed by atoms with Gasteiger partial charge in [0.15, 0.2) is 0 Å². The zero-order valence-electron chi connectivity index (χ0n) is 6.39. The monoisotopic (exact) mass is 128 g/mol. The molecule has 9 heavy (non-hydrogen) atoms. The Morgan fingerprint density at radius 1 is 1.67 bits per heavy atom. The first-order valence-corrected chi connectivity index (χ1v) is 3.94. The first kappa shape index (κ1) is 7.07.